The summed E-state index contributed by atoms with van der Waals surface area (Å²) in [5, 5.41) is 2.39. The maximum absolute atomic E-state index is 6.46. The van der Waals surface area contributed by atoms with Crippen LogP contribution >= 0.6 is 11.3 Å². The lowest BCUT2D eigenvalue weighted by Gasteiger charge is -2.10. The summed E-state index contributed by atoms with van der Waals surface area (Å²) in [4.78, 5) is 5.54. The van der Waals surface area contributed by atoms with Gasteiger partial charge in [0, 0.05) is 21.2 Å². The second-order valence-electron chi connectivity index (χ2n) is 5.12. The number of benzene rings is 2. The van der Waals surface area contributed by atoms with E-state index in [0.717, 1.165) is 16.5 Å². The van der Waals surface area contributed by atoms with Gasteiger partial charge in [0.1, 0.15) is 0 Å². The number of fused-ring (bicyclic) bond motifs is 2. The van der Waals surface area contributed by atoms with Gasteiger partial charge in [0.15, 0.2) is 0 Å². The molecule has 2 nitrogen and oxygen atoms in total. The molecule has 1 atom stereocenters. The normalized spacial score (nSPS) is 12.8. The summed E-state index contributed by atoms with van der Waals surface area (Å²) >= 11 is 1.76. The molecule has 0 aliphatic rings. The first-order chi connectivity index (χ1) is 10.3. The molecule has 2 aromatic carbocycles. The Bertz CT molecular complexity index is 893. The molecule has 0 spiro atoms. The number of hydrogen-bond donors (Lipinski definition) is 1. The van der Waals surface area contributed by atoms with E-state index < -0.39 is 0 Å². The molecule has 2 heterocycles. The van der Waals surface area contributed by atoms with Crippen molar-refractivity contribution in [1.29, 1.82) is 0 Å². The molecule has 2 aromatic heterocycles. The first-order valence-corrected chi connectivity index (χ1v) is 7.72. The highest BCUT2D eigenvalue weighted by Gasteiger charge is 2.12. The van der Waals surface area contributed by atoms with Crippen molar-refractivity contribution >= 4 is 32.3 Å². The Morgan fingerprint density at radius 2 is 1.76 bits per heavy atom. The number of nitrogens with two attached hydrogens (primary N) is 1. The van der Waals surface area contributed by atoms with Crippen molar-refractivity contribution in [3.8, 4) is 0 Å². The Hall–Kier alpha value is -2.23. The van der Waals surface area contributed by atoms with Crippen LogP contribution in [0.25, 0.3) is 21.0 Å². The predicted octanol–water partition coefficient (Wildman–Crippen LogP) is 4.50. The Labute approximate surface area is 126 Å². The molecule has 0 saturated carbocycles. The molecule has 0 radical (unpaired) electrons. The molecule has 0 aliphatic carbocycles. The maximum Gasteiger partial charge on any atom is 0.0702 e. The van der Waals surface area contributed by atoms with Gasteiger partial charge in [0.2, 0.25) is 0 Å². The molecule has 3 heteroatoms. The van der Waals surface area contributed by atoms with Crippen LogP contribution < -0.4 is 5.73 Å². The minimum atomic E-state index is -0.0907. The second kappa shape index (κ2) is 4.95. The van der Waals surface area contributed by atoms with Crippen LogP contribution in [0, 0.1) is 0 Å². The van der Waals surface area contributed by atoms with Crippen molar-refractivity contribution < 1.29 is 0 Å². The average Bonchev–Trinajstić information content (AvgIpc) is 2.97. The third-order valence-electron chi connectivity index (χ3n) is 3.74. The van der Waals surface area contributed by atoms with Crippen LogP contribution in [0.15, 0.2) is 66.9 Å². The van der Waals surface area contributed by atoms with Crippen LogP contribution in [0.4, 0.5) is 0 Å². The smallest absolute Gasteiger partial charge is 0.0702 e. The molecular weight excluding hydrogens is 276 g/mol. The van der Waals surface area contributed by atoms with E-state index in [1.54, 1.807) is 11.3 Å². The van der Waals surface area contributed by atoms with Crippen molar-refractivity contribution in [2.75, 3.05) is 0 Å². The van der Waals surface area contributed by atoms with Gasteiger partial charge in [-0.05, 0) is 41.3 Å². The molecule has 0 fully saturated rings. The first-order valence-electron chi connectivity index (χ1n) is 6.90. The van der Waals surface area contributed by atoms with E-state index in [1.807, 2.05) is 18.3 Å². The van der Waals surface area contributed by atoms with Gasteiger partial charge in [0.05, 0.1) is 11.6 Å². The molecule has 1 unspecified atom stereocenters. The summed E-state index contributed by atoms with van der Waals surface area (Å²) in [6, 6.07) is 20.8. The topological polar surface area (TPSA) is 38.9 Å². The van der Waals surface area contributed by atoms with Crippen molar-refractivity contribution in [1.82, 2.24) is 4.98 Å². The highest BCUT2D eigenvalue weighted by atomic mass is 32.1. The third-order valence-corrected chi connectivity index (χ3v) is 4.94. The minimum Gasteiger partial charge on any atom is -0.320 e. The summed E-state index contributed by atoms with van der Waals surface area (Å²) in [6.45, 7) is 0. The standard InChI is InChI=1S/C18H14N2S/c19-18(17-11-13-4-1-2-6-16(13)21-17)14-7-8-15-12(10-14)5-3-9-20-15/h1-11,18H,19H2. The quantitative estimate of drug-likeness (QED) is 0.590. The number of rotatable bonds is 2. The molecule has 0 saturated heterocycles. The molecule has 0 aliphatic heterocycles. The van der Waals surface area contributed by atoms with E-state index in [4.69, 9.17) is 5.73 Å². The second-order valence-corrected chi connectivity index (χ2v) is 6.24. The van der Waals surface area contributed by atoms with Gasteiger partial charge in [-0.2, -0.15) is 0 Å². The Balaban J connectivity index is 1.79. The number of aromatic nitrogens is 1. The molecule has 102 valence electrons. The lowest BCUT2D eigenvalue weighted by atomic mass is 10.0. The largest absolute Gasteiger partial charge is 0.320 e. The van der Waals surface area contributed by atoms with Gasteiger partial charge in [0.25, 0.3) is 0 Å². The van der Waals surface area contributed by atoms with E-state index in [0.29, 0.717) is 0 Å². The highest BCUT2D eigenvalue weighted by Crippen LogP contribution is 2.32. The van der Waals surface area contributed by atoms with Gasteiger partial charge in [-0.3, -0.25) is 4.98 Å². The highest BCUT2D eigenvalue weighted by molar-refractivity contribution is 7.19. The van der Waals surface area contributed by atoms with Crippen LogP contribution in [-0.4, -0.2) is 4.98 Å². The molecule has 2 N–H and O–H groups in total. The van der Waals surface area contributed by atoms with E-state index in [9.17, 15) is 0 Å². The summed E-state index contributed by atoms with van der Waals surface area (Å²) in [7, 11) is 0. The fourth-order valence-corrected chi connectivity index (χ4v) is 3.70. The lowest BCUT2D eigenvalue weighted by molar-refractivity contribution is 0.896. The summed E-state index contributed by atoms with van der Waals surface area (Å²) in [5.41, 5.74) is 8.59. The van der Waals surface area contributed by atoms with Crippen LogP contribution in [0.1, 0.15) is 16.5 Å². The Morgan fingerprint density at radius 1 is 0.905 bits per heavy atom. The van der Waals surface area contributed by atoms with Crippen molar-refractivity contribution in [3.05, 3.63) is 77.3 Å². The van der Waals surface area contributed by atoms with Gasteiger partial charge in [-0.1, -0.05) is 30.3 Å². The molecule has 4 rings (SSSR count). The van der Waals surface area contributed by atoms with Gasteiger partial charge in [-0.25, -0.2) is 0 Å². The zero-order valence-electron chi connectivity index (χ0n) is 11.4. The third kappa shape index (κ3) is 2.20. The van der Waals surface area contributed by atoms with Gasteiger partial charge >= 0.3 is 0 Å². The predicted molar refractivity (Wildman–Crippen MR) is 89.6 cm³/mol. The van der Waals surface area contributed by atoms with E-state index in [1.165, 1.54) is 15.0 Å². The average molecular weight is 290 g/mol. The van der Waals surface area contributed by atoms with Crippen molar-refractivity contribution in [2.24, 2.45) is 5.73 Å². The summed E-state index contributed by atoms with van der Waals surface area (Å²) in [5.74, 6) is 0. The SMILES string of the molecule is NC(c1ccc2ncccc2c1)c1cc2ccccc2s1. The van der Waals surface area contributed by atoms with Gasteiger partial charge in [-0.15, -0.1) is 11.3 Å². The number of thiophene rings is 1. The monoisotopic (exact) mass is 290 g/mol. The Kier molecular flexibility index (Phi) is 2.95. The fraction of sp³-hybridized carbons (Fsp3) is 0.0556. The molecule has 0 bridgehead atoms. The molecule has 4 aromatic rings. The Morgan fingerprint density at radius 3 is 2.67 bits per heavy atom. The van der Waals surface area contributed by atoms with Gasteiger partial charge < -0.3 is 5.73 Å². The van der Waals surface area contributed by atoms with E-state index >= 15 is 0 Å². The van der Waals surface area contributed by atoms with E-state index in [2.05, 4.69) is 53.5 Å². The van der Waals surface area contributed by atoms with Crippen LogP contribution in [0.2, 0.25) is 0 Å². The zero-order chi connectivity index (χ0) is 14.2. The lowest BCUT2D eigenvalue weighted by Crippen LogP contribution is -2.09. The number of nitrogens with zero attached hydrogens (tertiary/aromatic N) is 1. The van der Waals surface area contributed by atoms with E-state index in [-0.39, 0.29) is 6.04 Å². The number of hydrogen-bond acceptors (Lipinski definition) is 3. The molecular formula is C18H14N2S. The first kappa shape index (κ1) is 12.5. The summed E-state index contributed by atoms with van der Waals surface area (Å²) in [6.07, 6.45) is 1.81. The number of pyridine rings is 1. The zero-order valence-corrected chi connectivity index (χ0v) is 12.2. The maximum atomic E-state index is 6.46. The van der Waals surface area contributed by atoms with Crippen molar-refractivity contribution in [3.63, 3.8) is 0 Å². The van der Waals surface area contributed by atoms with Crippen LogP contribution in [0.5, 0.6) is 0 Å². The molecule has 0 amide bonds. The van der Waals surface area contributed by atoms with Crippen LogP contribution in [-0.2, 0) is 0 Å². The fourth-order valence-electron chi connectivity index (χ4n) is 2.61. The molecule has 21 heavy (non-hydrogen) atoms. The van der Waals surface area contributed by atoms with Crippen LogP contribution in [0.3, 0.4) is 0 Å². The minimum absolute atomic E-state index is 0.0907. The summed E-state index contributed by atoms with van der Waals surface area (Å²) < 4.78 is 1.28. The van der Waals surface area contributed by atoms with Crippen molar-refractivity contribution in [2.45, 2.75) is 6.04 Å².